The van der Waals surface area contributed by atoms with Gasteiger partial charge in [-0.15, -0.1) is 22.7 Å². The van der Waals surface area contributed by atoms with Gasteiger partial charge in [0.2, 0.25) is 0 Å². The molecule has 0 aliphatic heterocycles. The van der Waals surface area contributed by atoms with Crippen molar-refractivity contribution in [3.63, 3.8) is 0 Å². The van der Waals surface area contributed by atoms with Gasteiger partial charge in [-0.25, -0.2) is 0 Å². The van der Waals surface area contributed by atoms with E-state index >= 15 is 0 Å². The predicted octanol–water partition coefficient (Wildman–Crippen LogP) is 16.0. The summed E-state index contributed by atoms with van der Waals surface area (Å²) in [5, 5.41) is 7.69. The predicted molar refractivity (Wildman–Crippen MR) is 241 cm³/mol. The number of anilines is 3. The van der Waals surface area contributed by atoms with Crippen LogP contribution in [0.4, 0.5) is 17.1 Å². The van der Waals surface area contributed by atoms with Crippen LogP contribution in [-0.4, -0.2) is 0 Å². The third-order valence-corrected chi connectivity index (χ3v) is 13.3. The Morgan fingerprint density at radius 3 is 1.71 bits per heavy atom. The summed E-state index contributed by atoms with van der Waals surface area (Å²) < 4.78 is 5.16. The molecular weight excluding hydrogens is 703 g/mol. The highest BCUT2D eigenvalue weighted by Gasteiger charge is 2.23. The quantitative estimate of drug-likeness (QED) is 0.164. The van der Waals surface area contributed by atoms with E-state index < -0.39 is 0 Å². The summed E-state index contributed by atoms with van der Waals surface area (Å²) in [6, 6.07) is 73.3. The lowest BCUT2D eigenvalue weighted by molar-refractivity contribution is 1.32. The first-order valence-electron chi connectivity index (χ1n) is 18.7. The number of hydrogen-bond acceptors (Lipinski definition) is 3. The fourth-order valence-corrected chi connectivity index (χ4v) is 10.6. The Kier molecular flexibility index (Phi) is 7.61. The molecule has 0 spiro atoms. The van der Waals surface area contributed by atoms with E-state index in [-0.39, 0.29) is 0 Å². The summed E-state index contributed by atoms with van der Waals surface area (Å²) in [5.41, 5.74) is 10.9. The monoisotopic (exact) mass is 735 g/mol. The number of rotatable bonds is 6. The number of fused-ring (bicyclic) bond motifs is 7. The third kappa shape index (κ3) is 5.43. The van der Waals surface area contributed by atoms with Gasteiger partial charge < -0.3 is 4.90 Å². The van der Waals surface area contributed by atoms with Crippen LogP contribution in [-0.2, 0) is 0 Å². The minimum absolute atomic E-state index is 1.13. The molecule has 0 aliphatic rings. The fourth-order valence-electron chi connectivity index (χ4n) is 8.19. The van der Waals surface area contributed by atoms with Gasteiger partial charge in [-0.1, -0.05) is 158 Å². The van der Waals surface area contributed by atoms with Crippen LogP contribution < -0.4 is 4.90 Å². The van der Waals surface area contributed by atoms with E-state index in [0.717, 1.165) is 5.69 Å². The lowest BCUT2D eigenvalue weighted by atomic mass is 9.96. The van der Waals surface area contributed by atoms with Crippen LogP contribution in [0.5, 0.6) is 0 Å². The van der Waals surface area contributed by atoms with Crippen molar-refractivity contribution in [3.8, 4) is 33.4 Å². The molecule has 0 amide bonds. The second-order valence-electron chi connectivity index (χ2n) is 14.1. The largest absolute Gasteiger partial charge is 0.308 e. The van der Waals surface area contributed by atoms with E-state index in [1.807, 2.05) is 22.7 Å². The minimum atomic E-state index is 1.13. The summed E-state index contributed by atoms with van der Waals surface area (Å²) in [5.74, 6) is 0. The molecule has 0 bridgehead atoms. The smallest absolute Gasteiger partial charge is 0.0641 e. The summed E-state index contributed by atoms with van der Waals surface area (Å²) in [6.45, 7) is 0. The maximum absolute atomic E-state index is 2.50. The third-order valence-electron chi connectivity index (χ3n) is 10.9. The van der Waals surface area contributed by atoms with Crippen molar-refractivity contribution in [3.05, 3.63) is 200 Å². The van der Waals surface area contributed by atoms with Gasteiger partial charge in [-0.2, -0.15) is 0 Å². The van der Waals surface area contributed by atoms with Crippen LogP contribution in [0.3, 0.4) is 0 Å². The molecule has 3 heteroatoms. The van der Waals surface area contributed by atoms with Gasteiger partial charge in [0.15, 0.2) is 0 Å². The van der Waals surface area contributed by atoms with Gasteiger partial charge in [0.25, 0.3) is 0 Å². The van der Waals surface area contributed by atoms with Crippen LogP contribution in [0, 0.1) is 0 Å². The van der Waals surface area contributed by atoms with E-state index in [9.17, 15) is 0 Å². The Labute approximate surface area is 327 Å². The standard InChI is InChI=1S/C52H33NS2/c1-2-11-34(12-3-1)36-21-24-38(25-22-36)42-31-32-47(52-50(42)45-16-7-9-20-49(45)55-52)53(46-18-10-17-44-43-15-6-8-19-48(43)54-51(44)46)41-29-27-37(28-30-41)40-26-23-35-13-4-5-14-39(35)33-40/h1-33H. The van der Waals surface area contributed by atoms with Crippen LogP contribution in [0.1, 0.15) is 0 Å². The highest BCUT2D eigenvalue weighted by molar-refractivity contribution is 7.27. The lowest BCUT2D eigenvalue weighted by Crippen LogP contribution is -2.10. The fraction of sp³-hybridized carbons (Fsp3) is 0. The molecule has 0 saturated heterocycles. The van der Waals surface area contributed by atoms with Crippen molar-refractivity contribution in [1.82, 2.24) is 0 Å². The molecule has 1 nitrogen and oxygen atoms in total. The van der Waals surface area contributed by atoms with E-state index in [0.29, 0.717) is 0 Å². The highest BCUT2D eigenvalue weighted by atomic mass is 32.1. The Morgan fingerprint density at radius 1 is 0.327 bits per heavy atom. The van der Waals surface area contributed by atoms with Gasteiger partial charge in [0, 0.05) is 36.6 Å². The van der Waals surface area contributed by atoms with Gasteiger partial charge in [0.05, 0.1) is 20.8 Å². The van der Waals surface area contributed by atoms with Crippen molar-refractivity contribution in [2.24, 2.45) is 0 Å². The SMILES string of the molecule is c1ccc(-c2ccc(-c3ccc(N(c4ccc(-c5ccc6ccccc6c5)cc4)c4cccc5c4sc4ccccc45)c4sc5ccccc5c34)cc2)cc1. The molecule has 11 rings (SSSR count). The highest BCUT2D eigenvalue weighted by Crippen LogP contribution is 2.51. The van der Waals surface area contributed by atoms with Crippen molar-refractivity contribution < 1.29 is 0 Å². The Bertz CT molecular complexity index is 3190. The first-order valence-corrected chi connectivity index (χ1v) is 20.3. The van der Waals surface area contributed by atoms with Crippen molar-refractivity contribution >= 4 is 90.9 Å². The zero-order valence-corrected chi connectivity index (χ0v) is 31.4. The molecule has 2 aromatic heterocycles. The Hall–Kier alpha value is -6.52. The Balaban J connectivity index is 1.12. The van der Waals surface area contributed by atoms with Crippen LogP contribution in [0.15, 0.2) is 200 Å². The first kappa shape index (κ1) is 32.0. The number of benzene rings is 9. The zero-order valence-electron chi connectivity index (χ0n) is 29.8. The van der Waals surface area contributed by atoms with Crippen LogP contribution >= 0.6 is 22.7 Å². The number of thiophene rings is 2. The molecule has 0 radical (unpaired) electrons. The molecule has 9 aromatic carbocycles. The summed E-state index contributed by atoms with van der Waals surface area (Å²) in [4.78, 5) is 2.50. The normalized spacial score (nSPS) is 11.6. The first-order chi connectivity index (χ1) is 27.3. The lowest BCUT2D eigenvalue weighted by Gasteiger charge is -2.27. The number of hydrogen-bond donors (Lipinski definition) is 0. The second kappa shape index (κ2) is 13.1. The minimum Gasteiger partial charge on any atom is -0.308 e. The molecule has 2 heterocycles. The van der Waals surface area contributed by atoms with Gasteiger partial charge >= 0.3 is 0 Å². The van der Waals surface area contributed by atoms with E-state index in [1.54, 1.807) is 0 Å². The summed E-state index contributed by atoms with van der Waals surface area (Å²) in [6.07, 6.45) is 0. The van der Waals surface area contributed by atoms with Gasteiger partial charge in [0.1, 0.15) is 0 Å². The van der Waals surface area contributed by atoms with E-state index in [2.05, 4.69) is 205 Å². The van der Waals surface area contributed by atoms with Gasteiger partial charge in [-0.3, -0.25) is 0 Å². The average molecular weight is 736 g/mol. The van der Waals surface area contributed by atoms with Crippen LogP contribution in [0.25, 0.3) is 84.5 Å². The second-order valence-corrected chi connectivity index (χ2v) is 16.2. The van der Waals surface area contributed by atoms with Crippen molar-refractivity contribution in [1.29, 1.82) is 0 Å². The topological polar surface area (TPSA) is 3.24 Å². The Morgan fingerprint density at radius 2 is 0.891 bits per heavy atom. The molecule has 0 fully saturated rings. The number of nitrogens with zero attached hydrogens (tertiary/aromatic N) is 1. The molecule has 0 aliphatic carbocycles. The van der Waals surface area contributed by atoms with Crippen molar-refractivity contribution in [2.75, 3.05) is 4.90 Å². The summed E-state index contributed by atoms with van der Waals surface area (Å²) in [7, 11) is 0. The van der Waals surface area contributed by atoms with Crippen LogP contribution in [0.2, 0.25) is 0 Å². The molecule has 0 saturated carbocycles. The molecule has 0 N–H and O–H groups in total. The van der Waals surface area contributed by atoms with Gasteiger partial charge in [-0.05, 0) is 86.6 Å². The molecule has 11 aromatic rings. The zero-order chi connectivity index (χ0) is 36.3. The van der Waals surface area contributed by atoms with E-state index in [1.165, 1.54) is 95.9 Å². The van der Waals surface area contributed by atoms with E-state index in [4.69, 9.17) is 0 Å². The molecule has 0 atom stereocenters. The average Bonchev–Trinajstić information content (AvgIpc) is 3.84. The molecule has 55 heavy (non-hydrogen) atoms. The van der Waals surface area contributed by atoms with Crippen molar-refractivity contribution in [2.45, 2.75) is 0 Å². The molecular formula is C52H33NS2. The molecule has 258 valence electrons. The maximum Gasteiger partial charge on any atom is 0.0641 e. The summed E-state index contributed by atoms with van der Waals surface area (Å²) >= 11 is 3.77. The molecule has 0 unspecified atom stereocenters. The maximum atomic E-state index is 2.50.